The van der Waals surface area contributed by atoms with Crippen LogP contribution in [0.3, 0.4) is 0 Å². The molecular weight excluding hydrogens is 298 g/mol. The second-order valence-corrected chi connectivity index (χ2v) is 5.53. The molecule has 1 atom stereocenters. The van der Waals surface area contributed by atoms with E-state index in [1.807, 2.05) is 31.2 Å². The van der Waals surface area contributed by atoms with E-state index in [2.05, 4.69) is 4.98 Å². The monoisotopic (exact) mass is 317 g/mol. The third-order valence-corrected chi connectivity index (χ3v) is 3.75. The van der Waals surface area contributed by atoms with Gasteiger partial charge in [0.1, 0.15) is 6.04 Å². The van der Waals surface area contributed by atoms with Gasteiger partial charge in [-0.05, 0) is 29.7 Å². The van der Waals surface area contributed by atoms with Crippen LogP contribution in [0, 0.1) is 0 Å². The van der Waals surface area contributed by atoms with E-state index in [4.69, 9.17) is 17.3 Å². The predicted molar refractivity (Wildman–Crippen MR) is 88.3 cm³/mol. The van der Waals surface area contributed by atoms with Gasteiger partial charge in [0.15, 0.2) is 0 Å². The Morgan fingerprint density at radius 3 is 2.73 bits per heavy atom. The lowest BCUT2D eigenvalue weighted by atomic mass is 10.1. The summed E-state index contributed by atoms with van der Waals surface area (Å²) in [4.78, 5) is 18.6. The molecule has 5 heteroatoms. The average Bonchev–Trinajstić information content (AvgIpc) is 2.54. The number of nitrogens with zero attached hydrogens (tertiary/aromatic N) is 2. The van der Waals surface area contributed by atoms with Gasteiger partial charge in [0, 0.05) is 30.5 Å². The molecule has 0 saturated heterocycles. The van der Waals surface area contributed by atoms with Gasteiger partial charge < -0.3 is 10.6 Å². The first-order chi connectivity index (χ1) is 10.6. The maximum atomic E-state index is 12.7. The van der Waals surface area contributed by atoms with Gasteiger partial charge in [0.2, 0.25) is 5.91 Å². The molecule has 1 heterocycles. The lowest BCUT2D eigenvalue weighted by Crippen LogP contribution is -2.38. The van der Waals surface area contributed by atoms with Crippen LogP contribution < -0.4 is 5.73 Å². The molecule has 1 unspecified atom stereocenters. The molecule has 0 aliphatic heterocycles. The highest BCUT2D eigenvalue weighted by Gasteiger charge is 2.23. The van der Waals surface area contributed by atoms with Crippen molar-refractivity contribution in [3.8, 4) is 0 Å². The normalized spacial score (nSPS) is 12.0. The van der Waals surface area contributed by atoms with Gasteiger partial charge in [0.05, 0.1) is 0 Å². The summed E-state index contributed by atoms with van der Waals surface area (Å²) in [6, 6.07) is 10.2. The van der Waals surface area contributed by atoms with E-state index in [1.54, 1.807) is 29.4 Å². The van der Waals surface area contributed by atoms with Crippen molar-refractivity contribution >= 4 is 17.5 Å². The Morgan fingerprint density at radius 2 is 2.09 bits per heavy atom. The van der Waals surface area contributed by atoms with E-state index in [-0.39, 0.29) is 5.91 Å². The largest absolute Gasteiger partial charge is 0.337 e. The average molecular weight is 318 g/mol. The van der Waals surface area contributed by atoms with Gasteiger partial charge >= 0.3 is 0 Å². The van der Waals surface area contributed by atoms with Crippen LogP contribution in [-0.4, -0.2) is 22.3 Å². The summed E-state index contributed by atoms with van der Waals surface area (Å²) >= 11 is 6.14. The Hall–Kier alpha value is -1.91. The fourth-order valence-electron chi connectivity index (χ4n) is 2.31. The van der Waals surface area contributed by atoms with E-state index in [0.29, 0.717) is 23.7 Å². The minimum Gasteiger partial charge on any atom is -0.337 e. The second kappa shape index (κ2) is 7.92. The van der Waals surface area contributed by atoms with Crippen molar-refractivity contribution in [3.63, 3.8) is 0 Å². The number of carbonyl (C=O) groups excluding carboxylic acids is 1. The van der Waals surface area contributed by atoms with Crippen molar-refractivity contribution in [1.82, 2.24) is 9.88 Å². The van der Waals surface area contributed by atoms with Crippen molar-refractivity contribution in [2.75, 3.05) is 6.54 Å². The smallest absolute Gasteiger partial charge is 0.244 e. The second-order valence-electron chi connectivity index (χ2n) is 5.12. The fraction of sp³-hybridized carbons (Fsp3) is 0.294. The molecule has 116 valence electrons. The van der Waals surface area contributed by atoms with Crippen LogP contribution in [0.1, 0.15) is 30.5 Å². The number of pyridine rings is 1. The zero-order chi connectivity index (χ0) is 15.9. The molecule has 0 saturated carbocycles. The van der Waals surface area contributed by atoms with Gasteiger partial charge in [-0.15, -0.1) is 0 Å². The SMILES string of the molecule is CCCN(Cc1cccnc1)C(=O)C(N)c1ccccc1Cl. The molecule has 0 aliphatic carbocycles. The highest BCUT2D eigenvalue weighted by Crippen LogP contribution is 2.23. The summed E-state index contributed by atoms with van der Waals surface area (Å²) < 4.78 is 0. The van der Waals surface area contributed by atoms with Crippen LogP contribution in [0.4, 0.5) is 0 Å². The van der Waals surface area contributed by atoms with Crippen molar-refractivity contribution < 1.29 is 4.79 Å². The van der Waals surface area contributed by atoms with E-state index in [9.17, 15) is 4.79 Å². The molecule has 0 spiro atoms. The number of carbonyl (C=O) groups is 1. The third-order valence-electron chi connectivity index (χ3n) is 3.41. The Morgan fingerprint density at radius 1 is 1.32 bits per heavy atom. The van der Waals surface area contributed by atoms with Gasteiger partial charge in [0.25, 0.3) is 0 Å². The van der Waals surface area contributed by atoms with Gasteiger partial charge in [-0.2, -0.15) is 0 Å². The first kappa shape index (κ1) is 16.5. The number of halogens is 1. The highest BCUT2D eigenvalue weighted by atomic mass is 35.5. The molecule has 22 heavy (non-hydrogen) atoms. The van der Waals surface area contributed by atoms with Crippen LogP contribution in [0.2, 0.25) is 5.02 Å². The van der Waals surface area contributed by atoms with Gasteiger partial charge in [-0.25, -0.2) is 0 Å². The maximum absolute atomic E-state index is 12.7. The zero-order valence-electron chi connectivity index (χ0n) is 12.6. The van der Waals surface area contributed by atoms with Gasteiger partial charge in [-0.1, -0.05) is 42.8 Å². The summed E-state index contributed by atoms with van der Waals surface area (Å²) in [5.41, 5.74) is 7.77. The Balaban J connectivity index is 2.17. The summed E-state index contributed by atoms with van der Waals surface area (Å²) in [7, 11) is 0. The van der Waals surface area contributed by atoms with Crippen molar-refractivity contribution in [1.29, 1.82) is 0 Å². The van der Waals surface area contributed by atoms with Crippen LogP contribution in [0.5, 0.6) is 0 Å². The predicted octanol–water partition coefficient (Wildman–Crippen LogP) is 3.17. The molecule has 4 nitrogen and oxygen atoms in total. The zero-order valence-corrected chi connectivity index (χ0v) is 13.3. The summed E-state index contributed by atoms with van der Waals surface area (Å²) in [5.74, 6) is -0.126. The number of rotatable bonds is 6. The molecular formula is C17H20ClN3O. The van der Waals surface area contributed by atoms with Crippen molar-refractivity contribution in [2.24, 2.45) is 5.73 Å². The Labute approximate surface area is 135 Å². The molecule has 0 fully saturated rings. The van der Waals surface area contributed by atoms with Crippen LogP contribution in [0.25, 0.3) is 0 Å². The lowest BCUT2D eigenvalue weighted by molar-refractivity contribution is -0.133. The van der Waals surface area contributed by atoms with E-state index >= 15 is 0 Å². The lowest BCUT2D eigenvalue weighted by Gasteiger charge is -2.26. The number of hydrogen-bond donors (Lipinski definition) is 1. The standard InChI is InChI=1S/C17H20ClN3O/c1-2-10-21(12-13-6-5-9-20-11-13)17(22)16(19)14-7-3-4-8-15(14)18/h3-9,11,16H,2,10,12,19H2,1H3. The van der Waals surface area contributed by atoms with E-state index in [1.165, 1.54) is 0 Å². The molecule has 0 aliphatic rings. The molecule has 0 radical (unpaired) electrons. The minimum atomic E-state index is -0.753. The molecule has 1 aromatic heterocycles. The molecule has 1 amide bonds. The first-order valence-corrected chi connectivity index (χ1v) is 7.69. The Bertz CT molecular complexity index is 618. The maximum Gasteiger partial charge on any atom is 0.244 e. The van der Waals surface area contributed by atoms with Crippen molar-refractivity contribution in [2.45, 2.75) is 25.9 Å². The Kier molecular flexibility index (Phi) is 5.92. The first-order valence-electron chi connectivity index (χ1n) is 7.31. The van der Waals surface area contributed by atoms with Crippen LogP contribution in [0.15, 0.2) is 48.8 Å². The molecule has 0 bridgehead atoms. The highest BCUT2D eigenvalue weighted by molar-refractivity contribution is 6.31. The fourth-order valence-corrected chi connectivity index (χ4v) is 2.56. The van der Waals surface area contributed by atoms with Crippen LogP contribution >= 0.6 is 11.6 Å². The molecule has 2 aromatic rings. The van der Waals surface area contributed by atoms with Crippen molar-refractivity contribution in [3.05, 3.63) is 64.9 Å². The number of aromatic nitrogens is 1. The number of nitrogens with two attached hydrogens (primary N) is 1. The molecule has 2 N–H and O–H groups in total. The molecule has 2 rings (SSSR count). The third kappa shape index (κ3) is 4.06. The summed E-state index contributed by atoms with van der Waals surface area (Å²) in [5, 5.41) is 0.515. The number of amides is 1. The minimum absolute atomic E-state index is 0.126. The van der Waals surface area contributed by atoms with Gasteiger partial charge in [-0.3, -0.25) is 9.78 Å². The number of hydrogen-bond acceptors (Lipinski definition) is 3. The summed E-state index contributed by atoms with van der Waals surface area (Å²) in [6.45, 7) is 3.18. The van der Waals surface area contributed by atoms with Crippen LogP contribution in [-0.2, 0) is 11.3 Å². The molecule has 1 aromatic carbocycles. The quantitative estimate of drug-likeness (QED) is 0.890. The van der Waals surface area contributed by atoms with E-state index in [0.717, 1.165) is 12.0 Å². The van der Waals surface area contributed by atoms with E-state index < -0.39 is 6.04 Å². The summed E-state index contributed by atoms with van der Waals surface area (Å²) in [6.07, 6.45) is 4.34. The number of benzene rings is 1. The topological polar surface area (TPSA) is 59.2 Å².